The number of aryl methyl sites for hydroxylation is 2. The second-order valence-electron chi connectivity index (χ2n) is 8.19. The zero-order chi connectivity index (χ0) is 23.4. The second-order valence-corrected chi connectivity index (χ2v) is 8.19. The van der Waals surface area contributed by atoms with Crippen molar-refractivity contribution in [1.82, 2.24) is 14.9 Å². The Bertz CT molecular complexity index is 1110. The molecule has 1 amide bonds. The number of nitrogens with zero attached hydrogens (tertiary/aromatic N) is 4. The van der Waals surface area contributed by atoms with E-state index in [2.05, 4.69) is 20.2 Å². The molecule has 7 nitrogen and oxygen atoms in total. The quantitative estimate of drug-likeness (QED) is 0.611. The van der Waals surface area contributed by atoms with Crippen molar-refractivity contribution in [1.29, 1.82) is 0 Å². The Morgan fingerprint density at radius 3 is 2.42 bits per heavy atom. The molecule has 4 rings (SSSR count). The summed E-state index contributed by atoms with van der Waals surface area (Å²) in [6.45, 7) is 7.87. The third-order valence-electron chi connectivity index (χ3n) is 5.53. The summed E-state index contributed by atoms with van der Waals surface area (Å²) in [7, 11) is 0. The molecular weight excluding hydrogens is 421 g/mol. The molecule has 1 saturated heterocycles. The SMILES string of the molecule is Cc1ccc(Nc2cc(C)nc(N3CCN(C(=O)C(C)Oc4ccccc4F)CC3)n2)cc1. The molecule has 0 saturated carbocycles. The summed E-state index contributed by atoms with van der Waals surface area (Å²) in [5, 5.41) is 3.33. The minimum Gasteiger partial charge on any atom is -0.478 e. The predicted molar refractivity (Wildman–Crippen MR) is 127 cm³/mol. The van der Waals surface area contributed by atoms with Gasteiger partial charge in [0.15, 0.2) is 17.7 Å². The van der Waals surface area contributed by atoms with Gasteiger partial charge in [0.25, 0.3) is 5.91 Å². The Kier molecular flexibility index (Phi) is 6.72. The van der Waals surface area contributed by atoms with E-state index in [4.69, 9.17) is 4.74 Å². The van der Waals surface area contributed by atoms with Crippen molar-refractivity contribution in [3.05, 3.63) is 71.7 Å². The van der Waals surface area contributed by atoms with E-state index in [9.17, 15) is 9.18 Å². The fraction of sp³-hybridized carbons (Fsp3) is 0.320. The van der Waals surface area contributed by atoms with Gasteiger partial charge < -0.3 is 19.9 Å². The van der Waals surface area contributed by atoms with E-state index >= 15 is 0 Å². The summed E-state index contributed by atoms with van der Waals surface area (Å²) < 4.78 is 19.4. The minimum absolute atomic E-state index is 0.0822. The molecule has 2 aromatic carbocycles. The van der Waals surface area contributed by atoms with Crippen LogP contribution in [0.25, 0.3) is 0 Å². The first-order valence-electron chi connectivity index (χ1n) is 11.0. The van der Waals surface area contributed by atoms with E-state index in [1.165, 1.54) is 17.7 Å². The molecule has 8 heteroatoms. The van der Waals surface area contributed by atoms with Crippen molar-refractivity contribution in [2.24, 2.45) is 0 Å². The number of halogens is 1. The topological polar surface area (TPSA) is 70.6 Å². The molecule has 0 bridgehead atoms. The summed E-state index contributed by atoms with van der Waals surface area (Å²) in [5.41, 5.74) is 3.02. The van der Waals surface area contributed by atoms with Crippen LogP contribution in [0.2, 0.25) is 0 Å². The van der Waals surface area contributed by atoms with E-state index in [0.29, 0.717) is 32.1 Å². The molecule has 33 heavy (non-hydrogen) atoms. The van der Waals surface area contributed by atoms with Gasteiger partial charge in [-0.1, -0.05) is 29.8 Å². The number of carbonyl (C=O) groups is 1. The molecule has 1 aliphatic rings. The zero-order valence-electron chi connectivity index (χ0n) is 19.1. The lowest BCUT2D eigenvalue weighted by Crippen LogP contribution is -2.52. The van der Waals surface area contributed by atoms with Crippen molar-refractivity contribution in [2.75, 3.05) is 36.4 Å². The molecule has 1 fully saturated rings. The van der Waals surface area contributed by atoms with Crippen molar-refractivity contribution < 1.29 is 13.9 Å². The summed E-state index contributed by atoms with van der Waals surface area (Å²) in [6, 6.07) is 16.1. The van der Waals surface area contributed by atoms with Gasteiger partial charge in [-0.25, -0.2) is 9.37 Å². The van der Waals surface area contributed by atoms with E-state index < -0.39 is 11.9 Å². The third kappa shape index (κ3) is 5.58. The molecule has 0 radical (unpaired) electrons. The zero-order valence-corrected chi connectivity index (χ0v) is 19.1. The molecule has 2 heterocycles. The Morgan fingerprint density at radius 2 is 1.73 bits per heavy atom. The number of rotatable bonds is 6. The van der Waals surface area contributed by atoms with Gasteiger partial charge in [-0.2, -0.15) is 4.98 Å². The molecule has 1 aromatic heterocycles. The van der Waals surface area contributed by atoms with Crippen LogP contribution in [0.1, 0.15) is 18.2 Å². The van der Waals surface area contributed by atoms with Gasteiger partial charge in [-0.3, -0.25) is 4.79 Å². The van der Waals surface area contributed by atoms with Crippen molar-refractivity contribution in [3.63, 3.8) is 0 Å². The summed E-state index contributed by atoms with van der Waals surface area (Å²) in [5.74, 6) is 0.802. The smallest absolute Gasteiger partial charge is 0.263 e. The maximum absolute atomic E-state index is 13.8. The van der Waals surface area contributed by atoms with E-state index in [1.807, 2.05) is 44.2 Å². The Morgan fingerprint density at radius 1 is 1.03 bits per heavy atom. The van der Waals surface area contributed by atoms with Crippen LogP contribution in [0.5, 0.6) is 5.75 Å². The van der Waals surface area contributed by atoms with Gasteiger partial charge in [-0.05, 0) is 45.0 Å². The minimum atomic E-state index is -0.769. The molecule has 3 aromatic rings. The number of carbonyl (C=O) groups excluding carboxylic acids is 1. The van der Waals surface area contributed by atoms with E-state index in [-0.39, 0.29) is 11.7 Å². The largest absolute Gasteiger partial charge is 0.478 e. The Labute approximate surface area is 193 Å². The second kappa shape index (κ2) is 9.85. The van der Waals surface area contributed by atoms with Crippen LogP contribution in [0.15, 0.2) is 54.6 Å². The van der Waals surface area contributed by atoms with Crippen molar-refractivity contribution in [3.8, 4) is 5.75 Å². The number of para-hydroxylation sites is 1. The van der Waals surface area contributed by atoms with Crippen LogP contribution in [0.4, 0.5) is 21.8 Å². The first kappa shape index (κ1) is 22.5. The number of aromatic nitrogens is 2. The van der Waals surface area contributed by atoms with Gasteiger partial charge in [0.1, 0.15) is 5.82 Å². The summed E-state index contributed by atoms with van der Waals surface area (Å²) in [6.07, 6.45) is -0.769. The standard InChI is InChI=1S/C25H28FN5O2/c1-17-8-10-20(11-9-17)28-23-16-18(2)27-25(29-23)31-14-12-30(13-15-31)24(32)19(3)33-22-7-5-4-6-21(22)26/h4-11,16,19H,12-15H2,1-3H3,(H,27,28,29). The van der Waals surface area contributed by atoms with Crippen LogP contribution in [-0.4, -0.2) is 53.1 Å². The average Bonchev–Trinajstić information content (AvgIpc) is 2.81. The normalized spacial score (nSPS) is 14.7. The van der Waals surface area contributed by atoms with E-state index in [0.717, 1.165) is 17.2 Å². The lowest BCUT2D eigenvalue weighted by molar-refractivity contribution is -0.138. The highest BCUT2D eigenvalue weighted by molar-refractivity contribution is 5.81. The number of anilines is 3. The van der Waals surface area contributed by atoms with Gasteiger partial charge in [0, 0.05) is 43.6 Å². The van der Waals surface area contributed by atoms with Crippen LogP contribution in [-0.2, 0) is 4.79 Å². The monoisotopic (exact) mass is 449 g/mol. The first-order chi connectivity index (χ1) is 15.9. The van der Waals surface area contributed by atoms with Crippen LogP contribution >= 0.6 is 0 Å². The number of amides is 1. The van der Waals surface area contributed by atoms with Gasteiger partial charge >= 0.3 is 0 Å². The molecule has 1 aliphatic heterocycles. The lowest BCUT2D eigenvalue weighted by atomic mass is 10.2. The van der Waals surface area contributed by atoms with Crippen LogP contribution in [0.3, 0.4) is 0 Å². The highest BCUT2D eigenvalue weighted by Crippen LogP contribution is 2.21. The fourth-order valence-electron chi connectivity index (χ4n) is 3.71. The number of hydrogen-bond donors (Lipinski definition) is 1. The predicted octanol–water partition coefficient (Wildman–Crippen LogP) is 4.09. The summed E-state index contributed by atoms with van der Waals surface area (Å²) in [4.78, 5) is 25.9. The lowest BCUT2D eigenvalue weighted by Gasteiger charge is -2.36. The Balaban J connectivity index is 1.37. The van der Waals surface area contributed by atoms with Gasteiger partial charge in [0.05, 0.1) is 0 Å². The third-order valence-corrected chi connectivity index (χ3v) is 5.53. The highest BCUT2D eigenvalue weighted by Gasteiger charge is 2.27. The maximum Gasteiger partial charge on any atom is 0.263 e. The number of benzene rings is 2. The van der Waals surface area contributed by atoms with Crippen molar-refractivity contribution in [2.45, 2.75) is 26.9 Å². The van der Waals surface area contributed by atoms with Crippen LogP contribution in [0, 0.1) is 19.7 Å². The average molecular weight is 450 g/mol. The molecular formula is C25H28FN5O2. The number of nitrogens with one attached hydrogen (secondary N) is 1. The molecule has 0 spiro atoms. The molecule has 0 aliphatic carbocycles. The first-order valence-corrected chi connectivity index (χ1v) is 11.0. The molecule has 1 N–H and O–H groups in total. The molecule has 1 unspecified atom stereocenters. The highest BCUT2D eigenvalue weighted by atomic mass is 19.1. The Hall–Kier alpha value is -3.68. The maximum atomic E-state index is 13.8. The van der Waals surface area contributed by atoms with Crippen molar-refractivity contribution >= 4 is 23.4 Å². The number of ether oxygens (including phenoxy) is 1. The van der Waals surface area contributed by atoms with Gasteiger partial charge in [0.2, 0.25) is 5.95 Å². The molecule has 1 atom stereocenters. The van der Waals surface area contributed by atoms with Crippen LogP contribution < -0.4 is 15.0 Å². The number of hydrogen-bond acceptors (Lipinski definition) is 6. The molecule has 172 valence electrons. The summed E-state index contributed by atoms with van der Waals surface area (Å²) >= 11 is 0. The van der Waals surface area contributed by atoms with Gasteiger partial charge in [-0.15, -0.1) is 0 Å². The fourth-order valence-corrected chi connectivity index (χ4v) is 3.71. The van der Waals surface area contributed by atoms with E-state index in [1.54, 1.807) is 24.0 Å². The number of piperazine rings is 1.